The molecule has 0 N–H and O–H groups in total. The zero-order valence-electron chi connectivity index (χ0n) is 12.3. The van der Waals surface area contributed by atoms with E-state index in [2.05, 4.69) is 37.4 Å². The highest BCUT2D eigenvalue weighted by atomic mass is 16.7. The summed E-state index contributed by atoms with van der Waals surface area (Å²) < 4.78 is 18.1. The van der Waals surface area contributed by atoms with Crippen LogP contribution < -0.4 is 0 Å². The summed E-state index contributed by atoms with van der Waals surface area (Å²) in [6.07, 6.45) is 0.394. The van der Waals surface area contributed by atoms with Crippen molar-refractivity contribution in [2.75, 3.05) is 27.9 Å². The zero-order chi connectivity index (χ0) is 16.3. The minimum absolute atomic E-state index is 0.0128. The van der Waals surface area contributed by atoms with Crippen molar-refractivity contribution in [1.29, 1.82) is 0 Å². The molecule has 0 rings (SSSR count). The quantitative estimate of drug-likeness (QED) is 0.238. The van der Waals surface area contributed by atoms with Crippen LogP contribution in [0, 0.1) is 17.3 Å². The van der Waals surface area contributed by atoms with E-state index in [1.165, 1.54) is 13.2 Å². The number of ether oxygens (including phenoxy) is 4. The molecule has 0 saturated heterocycles. The van der Waals surface area contributed by atoms with Gasteiger partial charge in [-0.15, -0.1) is 6.58 Å². The summed E-state index contributed by atoms with van der Waals surface area (Å²) in [5, 5.41) is 0. The molecule has 0 amide bonds. The normalized spacial score (nSPS) is 9.67. The van der Waals surface area contributed by atoms with Gasteiger partial charge in [0.1, 0.15) is 0 Å². The second kappa shape index (κ2) is 9.42. The molecule has 0 aromatic heterocycles. The molecular formula is C14H18O7. The Morgan fingerprint density at radius 2 is 1.62 bits per heavy atom. The Labute approximate surface area is 123 Å². The number of carbonyl (C=O) groups excluding carboxylic acids is 3. The van der Waals surface area contributed by atoms with Crippen molar-refractivity contribution in [2.45, 2.75) is 12.8 Å². The van der Waals surface area contributed by atoms with Gasteiger partial charge in [-0.2, -0.15) is 0 Å². The van der Waals surface area contributed by atoms with Gasteiger partial charge in [-0.25, -0.2) is 4.79 Å². The lowest BCUT2D eigenvalue weighted by atomic mass is 9.81. The van der Waals surface area contributed by atoms with Crippen molar-refractivity contribution in [3.8, 4) is 11.8 Å². The van der Waals surface area contributed by atoms with Crippen LogP contribution in [-0.2, 0) is 28.5 Å². The van der Waals surface area contributed by atoms with Gasteiger partial charge in [0.2, 0.25) is 0 Å². The smallest absolute Gasteiger partial charge is 0.468 e. The topological polar surface area (TPSA) is 88.1 Å². The van der Waals surface area contributed by atoms with Crippen molar-refractivity contribution in [2.24, 2.45) is 5.41 Å². The average Bonchev–Trinajstić information content (AvgIpc) is 2.51. The Hall–Kier alpha value is -2.49. The van der Waals surface area contributed by atoms with E-state index in [0.717, 1.165) is 14.2 Å². The van der Waals surface area contributed by atoms with Gasteiger partial charge in [0.25, 0.3) is 0 Å². The summed E-state index contributed by atoms with van der Waals surface area (Å²) >= 11 is 0. The van der Waals surface area contributed by atoms with E-state index in [-0.39, 0.29) is 19.4 Å². The van der Waals surface area contributed by atoms with Crippen LogP contribution in [-0.4, -0.2) is 46.0 Å². The lowest BCUT2D eigenvalue weighted by Crippen LogP contribution is -2.40. The molecule has 0 bridgehead atoms. The van der Waals surface area contributed by atoms with Crippen LogP contribution >= 0.6 is 0 Å². The van der Waals surface area contributed by atoms with Gasteiger partial charge in [0, 0.05) is 6.42 Å². The van der Waals surface area contributed by atoms with Gasteiger partial charge in [-0.05, 0) is 6.42 Å². The monoisotopic (exact) mass is 298 g/mol. The minimum atomic E-state index is -1.58. The van der Waals surface area contributed by atoms with Crippen LogP contribution in [0.1, 0.15) is 12.8 Å². The third-order valence-corrected chi connectivity index (χ3v) is 2.59. The van der Waals surface area contributed by atoms with Gasteiger partial charge in [-0.1, -0.05) is 17.9 Å². The fraction of sp³-hybridized carbons (Fsp3) is 0.500. The van der Waals surface area contributed by atoms with E-state index in [9.17, 15) is 14.4 Å². The zero-order valence-corrected chi connectivity index (χ0v) is 12.3. The molecule has 0 fully saturated rings. The molecule has 21 heavy (non-hydrogen) atoms. The van der Waals surface area contributed by atoms with Crippen LogP contribution in [0.5, 0.6) is 0 Å². The van der Waals surface area contributed by atoms with Crippen LogP contribution in [0.3, 0.4) is 0 Å². The van der Waals surface area contributed by atoms with E-state index in [0.29, 0.717) is 0 Å². The number of hydrogen-bond acceptors (Lipinski definition) is 7. The second-order valence-corrected chi connectivity index (χ2v) is 3.83. The Morgan fingerprint density at radius 1 is 1.05 bits per heavy atom. The molecule has 0 atom stereocenters. The third kappa shape index (κ3) is 5.18. The summed E-state index contributed by atoms with van der Waals surface area (Å²) in [6, 6.07) is 0. The molecule has 0 aliphatic heterocycles. The van der Waals surface area contributed by atoms with Gasteiger partial charge >= 0.3 is 18.1 Å². The van der Waals surface area contributed by atoms with Gasteiger partial charge in [0.15, 0.2) is 12.0 Å². The van der Waals surface area contributed by atoms with E-state index >= 15 is 0 Å². The maximum atomic E-state index is 11.9. The fourth-order valence-electron chi connectivity index (χ4n) is 1.52. The molecule has 0 aliphatic rings. The number of rotatable bonds is 6. The summed E-state index contributed by atoms with van der Waals surface area (Å²) in [5.41, 5.74) is -1.58. The summed E-state index contributed by atoms with van der Waals surface area (Å²) in [4.78, 5) is 34.5. The highest BCUT2D eigenvalue weighted by Gasteiger charge is 2.46. The van der Waals surface area contributed by atoms with Gasteiger partial charge < -0.3 is 18.9 Å². The van der Waals surface area contributed by atoms with Crippen LogP contribution in [0.15, 0.2) is 12.7 Å². The Bertz CT molecular complexity index is 440. The Kier molecular flexibility index (Phi) is 8.30. The standard InChI is InChI=1S/C14H18O7/c1-5-8-14(11(15)18-2,12(16)19-3)9-6-7-10-21-13(17)20-4/h5H,1,8-10H2,2-4H3. The molecular weight excluding hydrogens is 280 g/mol. The number of methoxy groups -OCH3 is 3. The minimum Gasteiger partial charge on any atom is -0.468 e. The number of allylic oxidation sites excluding steroid dienone is 1. The Morgan fingerprint density at radius 3 is 2.05 bits per heavy atom. The average molecular weight is 298 g/mol. The first-order valence-electron chi connectivity index (χ1n) is 5.92. The molecule has 0 spiro atoms. The van der Waals surface area contributed by atoms with E-state index in [1.807, 2.05) is 0 Å². The van der Waals surface area contributed by atoms with Crippen molar-refractivity contribution >= 4 is 18.1 Å². The van der Waals surface area contributed by atoms with Gasteiger partial charge in [0.05, 0.1) is 21.3 Å². The molecule has 0 unspecified atom stereocenters. The summed E-state index contributed by atoms with van der Waals surface area (Å²) in [6.45, 7) is 3.28. The molecule has 0 saturated carbocycles. The summed E-state index contributed by atoms with van der Waals surface area (Å²) in [5.74, 6) is 3.56. The highest BCUT2D eigenvalue weighted by molar-refractivity contribution is 6.00. The van der Waals surface area contributed by atoms with Gasteiger partial charge in [-0.3, -0.25) is 9.59 Å². The molecule has 0 aromatic carbocycles. The maximum absolute atomic E-state index is 11.9. The van der Waals surface area contributed by atoms with Crippen molar-refractivity contribution < 1.29 is 33.3 Å². The highest BCUT2D eigenvalue weighted by Crippen LogP contribution is 2.30. The van der Waals surface area contributed by atoms with Crippen LogP contribution in [0.25, 0.3) is 0 Å². The molecule has 7 heteroatoms. The predicted molar refractivity (Wildman–Crippen MR) is 72.0 cm³/mol. The number of carbonyl (C=O) groups is 3. The van der Waals surface area contributed by atoms with Crippen LogP contribution in [0.4, 0.5) is 4.79 Å². The molecule has 0 heterocycles. The molecule has 0 aliphatic carbocycles. The third-order valence-electron chi connectivity index (χ3n) is 2.59. The largest absolute Gasteiger partial charge is 0.508 e. The number of hydrogen-bond donors (Lipinski definition) is 0. The van der Waals surface area contributed by atoms with Crippen molar-refractivity contribution in [3.63, 3.8) is 0 Å². The fourth-order valence-corrected chi connectivity index (χ4v) is 1.52. The van der Waals surface area contributed by atoms with E-state index < -0.39 is 23.5 Å². The first kappa shape index (κ1) is 18.5. The summed E-state index contributed by atoms with van der Waals surface area (Å²) in [7, 11) is 3.49. The molecule has 7 nitrogen and oxygen atoms in total. The van der Waals surface area contributed by atoms with Crippen LogP contribution in [0.2, 0.25) is 0 Å². The predicted octanol–water partition coefficient (Wildman–Crippen LogP) is 1.07. The SMILES string of the molecule is C=CCC(CC#CCOC(=O)OC)(C(=O)OC)C(=O)OC. The number of esters is 2. The first-order valence-corrected chi connectivity index (χ1v) is 5.92. The molecule has 116 valence electrons. The maximum Gasteiger partial charge on any atom is 0.508 e. The van der Waals surface area contributed by atoms with Crippen molar-refractivity contribution in [3.05, 3.63) is 12.7 Å². The van der Waals surface area contributed by atoms with E-state index in [1.54, 1.807) is 0 Å². The first-order chi connectivity index (χ1) is 9.98. The lowest BCUT2D eigenvalue weighted by molar-refractivity contribution is -0.168. The molecule has 0 aromatic rings. The van der Waals surface area contributed by atoms with E-state index in [4.69, 9.17) is 0 Å². The Balaban J connectivity index is 5.02. The second-order valence-electron chi connectivity index (χ2n) is 3.83. The molecule has 0 radical (unpaired) electrons. The van der Waals surface area contributed by atoms with Crippen molar-refractivity contribution in [1.82, 2.24) is 0 Å². The lowest BCUT2D eigenvalue weighted by Gasteiger charge is -2.24.